The Labute approximate surface area is 163 Å². The van der Waals surface area contributed by atoms with Gasteiger partial charge in [0.25, 0.3) is 11.8 Å². The van der Waals surface area contributed by atoms with Crippen LogP contribution in [0, 0.1) is 0 Å². The highest BCUT2D eigenvalue weighted by Gasteiger charge is 2.30. The van der Waals surface area contributed by atoms with Crippen LogP contribution in [0.3, 0.4) is 0 Å². The number of carbonyl (C=O) groups is 2. The first-order valence-corrected chi connectivity index (χ1v) is 8.29. The van der Waals surface area contributed by atoms with Gasteiger partial charge in [0.2, 0.25) is 0 Å². The molecule has 0 saturated heterocycles. The number of pyridine rings is 1. The van der Waals surface area contributed by atoms with Gasteiger partial charge in [-0.05, 0) is 48.5 Å². The summed E-state index contributed by atoms with van der Waals surface area (Å²) in [6.07, 6.45) is -1.65. The van der Waals surface area contributed by atoms with Crippen molar-refractivity contribution in [3.05, 3.63) is 89.7 Å². The van der Waals surface area contributed by atoms with Gasteiger partial charge in [-0.15, -0.1) is 0 Å². The van der Waals surface area contributed by atoms with E-state index in [1.807, 2.05) is 0 Å². The third-order valence-electron chi connectivity index (χ3n) is 3.71. The van der Waals surface area contributed by atoms with E-state index in [0.29, 0.717) is 0 Å². The highest BCUT2D eigenvalue weighted by Crippen LogP contribution is 2.32. The van der Waals surface area contributed by atoms with Crippen LogP contribution >= 0.6 is 0 Å². The van der Waals surface area contributed by atoms with Gasteiger partial charge in [0.05, 0.1) is 11.1 Å². The lowest BCUT2D eigenvalue weighted by Gasteiger charge is -2.11. The van der Waals surface area contributed by atoms with E-state index in [-0.39, 0.29) is 22.6 Å². The fourth-order valence-corrected chi connectivity index (χ4v) is 2.33. The van der Waals surface area contributed by atoms with Crippen molar-refractivity contribution in [2.45, 2.75) is 6.18 Å². The van der Waals surface area contributed by atoms with E-state index in [2.05, 4.69) is 15.8 Å². The minimum absolute atomic E-state index is 0.0257. The van der Waals surface area contributed by atoms with Gasteiger partial charge in [-0.25, -0.2) is 0 Å². The predicted molar refractivity (Wildman–Crippen MR) is 97.1 cm³/mol. The summed E-state index contributed by atoms with van der Waals surface area (Å²) >= 11 is 0. The van der Waals surface area contributed by atoms with Crippen LogP contribution in [-0.2, 0) is 6.18 Å². The third-order valence-corrected chi connectivity index (χ3v) is 3.71. The second-order valence-corrected chi connectivity index (χ2v) is 5.81. The molecule has 0 atom stereocenters. The highest BCUT2D eigenvalue weighted by atomic mass is 19.4. The lowest BCUT2D eigenvalue weighted by Crippen LogP contribution is -2.41. The Balaban J connectivity index is 1.66. The van der Waals surface area contributed by atoms with Crippen LogP contribution in [0.25, 0.3) is 0 Å². The minimum atomic E-state index is -4.49. The molecule has 148 valence electrons. The Morgan fingerprint density at radius 3 is 2.10 bits per heavy atom. The average Bonchev–Trinajstić information content (AvgIpc) is 2.72. The molecule has 1 heterocycles. The first-order valence-electron chi connectivity index (χ1n) is 8.29. The van der Waals surface area contributed by atoms with Crippen molar-refractivity contribution in [3.8, 4) is 11.5 Å². The first-order chi connectivity index (χ1) is 13.8. The predicted octanol–water partition coefficient (Wildman–Crippen LogP) is 3.97. The number of halogens is 3. The molecule has 3 rings (SSSR count). The zero-order valence-electron chi connectivity index (χ0n) is 14.7. The number of hydrogen-bond donors (Lipinski definition) is 2. The van der Waals surface area contributed by atoms with Crippen molar-refractivity contribution in [2.24, 2.45) is 0 Å². The molecular weight excluding hydrogens is 387 g/mol. The Bertz CT molecular complexity index is 1020. The fourth-order valence-electron chi connectivity index (χ4n) is 2.33. The van der Waals surface area contributed by atoms with Gasteiger partial charge in [-0.3, -0.25) is 25.4 Å². The zero-order valence-corrected chi connectivity index (χ0v) is 14.7. The SMILES string of the molecule is O=C(NNC(=O)c1cccc(Oc2cccc(C(F)(F)F)c2)c1)c1cccnc1. The monoisotopic (exact) mass is 401 g/mol. The van der Waals surface area contributed by atoms with Gasteiger partial charge >= 0.3 is 6.18 Å². The maximum atomic E-state index is 12.8. The molecule has 2 N–H and O–H groups in total. The molecule has 0 aliphatic heterocycles. The Kier molecular flexibility index (Phi) is 5.77. The van der Waals surface area contributed by atoms with E-state index >= 15 is 0 Å². The summed E-state index contributed by atoms with van der Waals surface area (Å²) in [4.78, 5) is 27.9. The summed E-state index contributed by atoms with van der Waals surface area (Å²) in [6.45, 7) is 0. The molecule has 0 spiro atoms. The third kappa shape index (κ3) is 5.32. The largest absolute Gasteiger partial charge is 0.457 e. The van der Waals surface area contributed by atoms with Gasteiger partial charge in [0.1, 0.15) is 11.5 Å². The van der Waals surface area contributed by atoms with Gasteiger partial charge in [-0.1, -0.05) is 12.1 Å². The molecule has 0 unspecified atom stereocenters. The van der Waals surface area contributed by atoms with Crippen molar-refractivity contribution >= 4 is 11.8 Å². The van der Waals surface area contributed by atoms with E-state index in [9.17, 15) is 22.8 Å². The molecule has 6 nitrogen and oxygen atoms in total. The van der Waals surface area contributed by atoms with Crippen molar-refractivity contribution in [1.82, 2.24) is 15.8 Å². The Morgan fingerprint density at radius 1 is 0.828 bits per heavy atom. The summed E-state index contributed by atoms with van der Waals surface area (Å²) in [5, 5.41) is 0. The number of hydrazine groups is 1. The summed E-state index contributed by atoms with van der Waals surface area (Å²) in [7, 11) is 0. The smallest absolute Gasteiger partial charge is 0.416 e. The van der Waals surface area contributed by atoms with Crippen LogP contribution in [-0.4, -0.2) is 16.8 Å². The number of hydrogen-bond acceptors (Lipinski definition) is 4. The number of aromatic nitrogens is 1. The van der Waals surface area contributed by atoms with Crippen molar-refractivity contribution < 1.29 is 27.5 Å². The molecule has 9 heteroatoms. The Morgan fingerprint density at radius 2 is 1.45 bits per heavy atom. The summed E-state index contributed by atoms with van der Waals surface area (Å²) in [6, 6.07) is 13.3. The van der Waals surface area contributed by atoms with Crippen LogP contribution in [0.2, 0.25) is 0 Å². The molecule has 0 aliphatic carbocycles. The zero-order chi connectivity index (χ0) is 20.9. The van der Waals surface area contributed by atoms with Crippen molar-refractivity contribution in [1.29, 1.82) is 0 Å². The van der Waals surface area contributed by atoms with E-state index in [0.717, 1.165) is 12.1 Å². The van der Waals surface area contributed by atoms with Crippen molar-refractivity contribution in [2.75, 3.05) is 0 Å². The number of alkyl halides is 3. The number of benzene rings is 2. The normalized spacial score (nSPS) is 10.9. The van der Waals surface area contributed by atoms with Crippen LogP contribution in [0.15, 0.2) is 73.1 Å². The van der Waals surface area contributed by atoms with Crippen LogP contribution < -0.4 is 15.6 Å². The standard InChI is InChI=1S/C20H14F3N3O3/c21-20(22,23)15-6-2-8-17(11-15)29-16-7-1-4-13(10-16)18(27)25-26-19(28)14-5-3-9-24-12-14/h1-12H,(H,25,27)(H,26,28). The molecule has 0 bridgehead atoms. The molecule has 2 aromatic carbocycles. The second kappa shape index (κ2) is 8.42. The summed E-state index contributed by atoms with van der Waals surface area (Å²) in [5.74, 6) is -1.04. The van der Waals surface area contributed by atoms with Crippen LogP contribution in [0.5, 0.6) is 11.5 Å². The fraction of sp³-hybridized carbons (Fsp3) is 0.0500. The topological polar surface area (TPSA) is 80.3 Å². The van der Waals surface area contributed by atoms with Gasteiger partial charge in [0.15, 0.2) is 0 Å². The highest BCUT2D eigenvalue weighted by molar-refractivity contribution is 5.99. The van der Waals surface area contributed by atoms with E-state index < -0.39 is 23.6 Å². The quantitative estimate of drug-likeness (QED) is 0.649. The average molecular weight is 401 g/mol. The number of ether oxygens (including phenoxy) is 1. The van der Waals surface area contributed by atoms with Crippen molar-refractivity contribution in [3.63, 3.8) is 0 Å². The van der Waals surface area contributed by atoms with Crippen LogP contribution in [0.1, 0.15) is 26.3 Å². The number of nitrogens with zero attached hydrogens (tertiary/aromatic N) is 1. The number of nitrogens with one attached hydrogen (secondary N) is 2. The van der Waals surface area contributed by atoms with Gasteiger partial charge < -0.3 is 4.74 Å². The lowest BCUT2D eigenvalue weighted by atomic mass is 10.2. The number of carbonyl (C=O) groups excluding carboxylic acids is 2. The first kappa shape index (κ1) is 19.9. The van der Waals surface area contributed by atoms with E-state index in [1.165, 1.54) is 54.9 Å². The van der Waals surface area contributed by atoms with E-state index in [1.54, 1.807) is 6.07 Å². The maximum Gasteiger partial charge on any atom is 0.416 e. The molecule has 0 radical (unpaired) electrons. The molecule has 2 amide bonds. The number of rotatable bonds is 4. The summed E-state index contributed by atoms with van der Waals surface area (Å²) in [5.41, 5.74) is 4.05. The lowest BCUT2D eigenvalue weighted by molar-refractivity contribution is -0.137. The second-order valence-electron chi connectivity index (χ2n) is 5.81. The maximum absolute atomic E-state index is 12.8. The molecule has 3 aromatic rings. The summed E-state index contributed by atoms with van der Waals surface area (Å²) < 4.78 is 43.8. The molecule has 1 aromatic heterocycles. The van der Waals surface area contributed by atoms with E-state index in [4.69, 9.17) is 4.74 Å². The Hall–Kier alpha value is -3.88. The van der Waals surface area contributed by atoms with Gasteiger partial charge in [-0.2, -0.15) is 13.2 Å². The number of amides is 2. The minimum Gasteiger partial charge on any atom is -0.457 e. The molecule has 0 fully saturated rings. The molecule has 0 aliphatic rings. The molecular formula is C20H14F3N3O3. The van der Waals surface area contributed by atoms with Gasteiger partial charge in [0, 0.05) is 18.0 Å². The van der Waals surface area contributed by atoms with Crippen LogP contribution in [0.4, 0.5) is 13.2 Å². The molecule has 0 saturated carbocycles. The molecule has 29 heavy (non-hydrogen) atoms.